The summed E-state index contributed by atoms with van der Waals surface area (Å²) in [5.41, 5.74) is 3.81. The van der Waals surface area contributed by atoms with Crippen LogP contribution in [0.1, 0.15) is 27.6 Å². The fourth-order valence-corrected chi connectivity index (χ4v) is 4.72. The highest BCUT2D eigenvalue weighted by atomic mass is 35.5. The molecule has 1 N–H and O–H groups in total. The number of carbonyl (C=O) groups is 1. The maximum absolute atomic E-state index is 12.5. The van der Waals surface area contributed by atoms with Gasteiger partial charge < -0.3 is 5.32 Å². The summed E-state index contributed by atoms with van der Waals surface area (Å²) in [6.45, 7) is 2.55. The summed E-state index contributed by atoms with van der Waals surface area (Å²) >= 11 is 7.68. The van der Waals surface area contributed by atoms with Crippen molar-refractivity contribution in [1.82, 2.24) is 10.2 Å². The van der Waals surface area contributed by atoms with Crippen LogP contribution in [0.5, 0.6) is 0 Å². The van der Waals surface area contributed by atoms with Gasteiger partial charge in [0.15, 0.2) is 0 Å². The molecule has 1 aliphatic heterocycles. The third kappa shape index (κ3) is 4.64. The summed E-state index contributed by atoms with van der Waals surface area (Å²) in [6, 6.07) is 20.6. The Morgan fingerprint density at radius 2 is 1.86 bits per heavy atom. The Balaban J connectivity index is 1.43. The van der Waals surface area contributed by atoms with Gasteiger partial charge in [-0.2, -0.15) is 0 Å². The standard InChI is InChI=1S/C23H23ClN2OS/c24-20-9-7-17(8-10-20)14-23(27)25-15-21(22-6-3-13-28-22)26-12-11-18-4-1-2-5-19(18)16-26/h1-10,13,21H,11-12,14-16H2,(H,25,27)/t21-/m0/s1. The summed E-state index contributed by atoms with van der Waals surface area (Å²) in [6.07, 6.45) is 1.42. The van der Waals surface area contributed by atoms with Gasteiger partial charge in [-0.05, 0) is 46.7 Å². The molecule has 4 rings (SSSR count). The first-order valence-electron chi connectivity index (χ1n) is 9.54. The van der Waals surface area contributed by atoms with Crippen LogP contribution in [0.25, 0.3) is 0 Å². The van der Waals surface area contributed by atoms with Gasteiger partial charge in [0.25, 0.3) is 0 Å². The Morgan fingerprint density at radius 3 is 2.61 bits per heavy atom. The molecule has 1 atom stereocenters. The van der Waals surface area contributed by atoms with Gasteiger partial charge in [-0.25, -0.2) is 0 Å². The molecule has 0 aliphatic carbocycles. The van der Waals surface area contributed by atoms with Crippen molar-refractivity contribution in [2.24, 2.45) is 0 Å². The van der Waals surface area contributed by atoms with Crippen LogP contribution in [-0.4, -0.2) is 23.9 Å². The van der Waals surface area contributed by atoms with Crippen molar-refractivity contribution in [3.8, 4) is 0 Å². The summed E-state index contributed by atoms with van der Waals surface area (Å²) in [5, 5.41) is 5.94. The van der Waals surface area contributed by atoms with E-state index in [0.29, 0.717) is 18.0 Å². The molecule has 144 valence electrons. The van der Waals surface area contributed by atoms with Gasteiger partial charge in [0.05, 0.1) is 12.5 Å². The van der Waals surface area contributed by atoms with Crippen LogP contribution in [0.15, 0.2) is 66.0 Å². The van der Waals surface area contributed by atoms with E-state index < -0.39 is 0 Å². The smallest absolute Gasteiger partial charge is 0.224 e. The van der Waals surface area contributed by atoms with E-state index >= 15 is 0 Å². The number of carbonyl (C=O) groups excluding carboxylic acids is 1. The zero-order chi connectivity index (χ0) is 19.3. The predicted octanol–water partition coefficient (Wildman–Crippen LogP) is 4.86. The maximum atomic E-state index is 12.5. The number of rotatable bonds is 6. The topological polar surface area (TPSA) is 32.3 Å². The van der Waals surface area contributed by atoms with Crippen LogP contribution in [0.4, 0.5) is 0 Å². The fourth-order valence-electron chi connectivity index (χ4n) is 3.73. The first kappa shape index (κ1) is 19.2. The summed E-state index contributed by atoms with van der Waals surface area (Å²) in [7, 11) is 0. The van der Waals surface area contributed by atoms with E-state index in [2.05, 4.69) is 52.0 Å². The number of nitrogens with one attached hydrogen (secondary N) is 1. The highest BCUT2D eigenvalue weighted by Crippen LogP contribution is 2.30. The number of nitrogens with zero attached hydrogens (tertiary/aromatic N) is 1. The molecule has 1 amide bonds. The molecule has 1 aromatic heterocycles. The summed E-state index contributed by atoms with van der Waals surface area (Å²) in [4.78, 5) is 16.3. The lowest BCUT2D eigenvalue weighted by Crippen LogP contribution is -2.40. The first-order valence-corrected chi connectivity index (χ1v) is 10.8. The monoisotopic (exact) mass is 410 g/mol. The average molecular weight is 411 g/mol. The SMILES string of the molecule is O=C(Cc1ccc(Cl)cc1)NC[C@@H](c1cccs1)N1CCc2ccccc2C1. The van der Waals surface area contributed by atoms with E-state index in [0.717, 1.165) is 25.1 Å². The van der Waals surface area contributed by atoms with Crippen LogP contribution in [0.2, 0.25) is 5.02 Å². The largest absolute Gasteiger partial charge is 0.354 e. The number of benzene rings is 2. The van der Waals surface area contributed by atoms with Gasteiger partial charge >= 0.3 is 0 Å². The fraction of sp³-hybridized carbons (Fsp3) is 0.261. The number of fused-ring (bicyclic) bond motifs is 1. The lowest BCUT2D eigenvalue weighted by Gasteiger charge is -2.35. The molecule has 28 heavy (non-hydrogen) atoms. The molecule has 0 saturated carbocycles. The molecule has 2 heterocycles. The molecular formula is C23H23ClN2OS. The molecule has 0 fully saturated rings. The quantitative estimate of drug-likeness (QED) is 0.629. The second-order valence-electron chi connectivity index (χ2n) is 7.13. The second kappa shape index (κ2) is 8.91. The molecule has 0 radical (unpaired) electrons. The van der Waals surface area contributed by atoms with E-state index in [1.807, 2.05) is 24.3 Å². The van der Waals surface area contributed by atoms with E-state index in [1.54, 1.807) is 11.3 Å². The Kier molecular flexibility index (Phi) is 6.10. The third-order valence-electron chi connectivity index (χ3n) is 5.24. The lowest BCUT2D eigenvalue weighted by atomic mass is 9.98. The second-order valence-corrected chi connectivity index (χ2v) is 8.54. The molecule has 0 bridgehead atoms. The van der Waals surface area contributed by atoms with E-state index in [9.17, 15) is 4.79 Å². The van der Waals surface area contributed by atoms with Crippen LogP contribution < -0.4 is 5.32 Å². The Bertz CT molecular complexity index is 924. The van der Waals surface area contributed by atoms with Gasteiger partial charge in [-0.3, -0.25) is 9.69 Å². The minimum absolute atomic E-state index is 0.0429. The normalized spacial score (nSPS) is 15.0. The van der Waals surface area contributed by atoms with Crippen LogP contribution >= 0.6 is 22.9 Å². The number of amides is 1. The molecular weight excluding hydrogens is 388 g/mol. The molecule has 0 saturated heterocycles. The van der Waals surface area contributed by atoms with Crippen molar-refractivity contribution >= 4 is 28.8 Å². The van der Waals surface area contributed by atoms with Gasteiger partial charge in [0.1, 0.15) is 0 Å². The van der Waals surface area contributed by atoms with E-state index in [1.165, 1.54) is 16.0 Å². The summed E-state index contributed by atoms with van der Waals surface area (Å²) in [5.74, 6) is 0.0429. The van der Waals surface area contributed by atoms with Crippen LogP contribution in [-0.2, 0) is 24.2 Å². The van der Waals surface area contributed by atoms with Crippen molar-refractivity contribution in [3.63, 3.8) is 0 Å². The lowest BCUT2D eigenvalue weighted by molar-refractivity contribution is -0.120. The van der Waals surface area contributed by atoms with Crippen molar-refractivity contribution in [2.45, 2.75) is 25.4 Å². The number of halogens is 1. The number of hydrogen-bond donors (Lipinski definition) is 1. The van der Waals surface area contributed by atoms with Crippen molar-refractivity contribution in [2.75, 3.05) is 13.1 Å². The molecule has 2 aromatic carbocycles. The molecule has 3 nitrogen and oxygen atoms in total. The van der Waals surface area contributed by atoms with Crippen molar-refractivity contribution in [3.05, 3.63) is 92.6 Å². The molecule has 0 unspecified atom stereocenters. The zero-order valence-electron chi connectivity index (χ0n) is 15.6. The molecule has 5 heteroatoms. The van der Waals surface area contributed by atoms with E-state index in [-0.39, 0.29) is 11.9 Å². The Labute approximate surface area is 175 Å². The van der Waals surface area contributed by atoms with Crippen LogP contribution in [0.3, 0.4) is 0 Å². The van der Waals surface area contributed by atoms with Gasteiger partial charge in [-0.1, -0.05) is 54.1 Å². The van der Waals surface area contributed by atoms with Gasteiger partial charge in [0.2, 0.25) is 5.91 Å². The zero-order valence-corrected chi connectivity index (χ0v) is 17.2. The predicted molar refractivity (Wildman–Crippen MR) is 116 cm³/mol. The Hall–Kier alpha value is -2.14. The van der Waals surface area contributed by atoms with Crippen molar-refractivity contribution in [1.29, 1.82) is 0 Å². The minimum Gasteiger partial charge on any atom is -0.354 e. The van der Waals surface area contributed by atoms with E-state index in [4.69, 9.17) is 11.6 Å². The first-order chi connectivity index (χ1) is 13.7. The highest BCUT2D eigenvalue weighted by Gasteiger charge is 2.25. The Morgan fingerprint density at radius 1 is 1.07 bits per heavy atom. The van der Waals surface area contributed by atoms with Gasteiger partial charge in [0, 0.05) is 29.5 Å². The number of thiophene rings is 1. The van der Waals surface area contributed by atoms with Crippen LogP contribution in [0, 0.1) is 0 Å². The third-order valence-corrected chi connectivity index (χ3v) is 6.47. The molecule has 0 spiro atoms. The molecule has 3 aromatic rings. The summed E-state index contributed by atoms with van der Waals surface area (Å²) < 4.78 is 0. The van der Waals surface area contributed by atoms with Gasteiger partial charge in [-0.15, -0.1) is 11.3 Å². The number of hydrogen-bond acceptors (Lipinski definition) is 3. The maximum Gasteiger partial charge on any atom is 0.224 e. The minimum atomic E-state index is 0.0429. The van der Waals surface area contributed by atoms with Crippen molar-refractivity contribution < 1.29 is 4.79 Å². The molecule has 1 aliphatic rings. The average Bonchev–Trinajstić information content (AvgIpc) is 3.24. The highest BCUT2D eigenvalue weighted by molar-refractivity contribution is 7.10.